The molecule has 2 aromatic rings. The Balaban J connectivity index is 2.13. The second-order valence-electron chi connectivity index (χ2n) is 4.49. The SMILES string of the molecule is Cc1cccc(CC(=O)Nc2cccc(F)c2C#N)c1. The zero-order valence-corrected chi connectivity index (χ0v) is 11.0. The van der Waals surface area contributed by atoms with Crippen LogP contribution in [0, 0.1) is 24.1 Å². The number of carbonyl (C=O) groups excluding carboxylic acids is 1. The molecule has 0 fully saturated rings. The molecular weight excluding hydrogens is 255 g/mol. The van der Waals surface area contributed by atoms with Gasteiger partial charge in [0.2, 0.25) is 5.91 Å². The maximum Gasteiger partial charge on any atom is 0.228 e. The molecule has 0 saturated heterocycles. The van der Waals surface area contributed by atoms with Crippen molar-refractivity contribution in [3.8, 4) is 6.07 Å². The van der Waals surface area contributed by atoms with E-state index in [4.69, 9.17) is 5.26 Å². The van der Waals surface area contributed by atoms with Gasteiger partial charge in [0, 0.05) is 0 Å². The molecule has 1 amide bonds. The standard InChI is InChI=1S/C16H13FN2O/c1-11-4-2-5-12(8-11)9-16(20)19-15-7-3-6-14(17)13(15)10-18/h2-8H,9H2,1H3,(H,19,20). The van der Waals surface area contributed by atoms with Crippen LogP contribution in [0.1, 0.15) is 16.7 Å². The van der Waals surface area contributed by atoms with Crippen LogP contribution in [-0.2, 0) is 11.2 Å². The summed E-state index contributed by atoms with van der Waals surface area (Å²) in [5.74, 6) is -0.918. The topological polar surface area (TPSA) is 52.9 Å². The van der Waals surface area contributed by atoms with Crippen molar-refractivity contribution in [3.63, 3.8) is 0 Å². The van der Waals surface area contributed by atoms with E-state index < -0.39 is 5.82 Å². The van der Waals surface area contributed by atoms with E-state index in [1.807, 2.05) is 31.2 Å². The third-order valence-electron chi connectivity index (χ3n) is 2.85. The summed E-state index contributed by atoms with van der Waals surface area (Å²) in [6.07, 6.45) is 0.184. The summed E-state index contributed by atoms with van der Waals surface area (Å²) < 4.78 is 13.4. The van der Waals surface area contributed by atoms with Crippen LogP contribution in [0.4, 0.5) is 10.1 Å². The predicted molar refractivity (Wildman–Crippen MR) is 74.6 cm³/mol. The smallest absolute Gasteiger partial charge is 0.228 e. The summed E-state index contributed by atoms with van der Waals surface area (Å²) in [5.41, 5.74) is 1.99. The van der Waals surface area contributed by atoms with Crippen molar-refractivity contribution in [1.29, 1.82) is 5.26 Å². The van der Waals surface area contributed by atoms with Crippen LogP contribution >= 0.6 is 0 Å². The summed E-state index contributed by atoms with van der Waals surface area (Å²) in [5, 5.41) is 11.5. The van der Waals surface area contributed by atoms with E-state index in [0.29, 0.717) is 0 Å². The number of nitriles is 1. The molecule has 0 atom stereocenters. The fraction of sp³-hybridized carbons (Fsp3) is 0.125. The first-order valence-corrected chi connectivity index (χ1v) is 6.14. The van der Waals surface area contributed by atoms with E-state index in [1.165, 1.54) is 18.2 Å². The van der Waals surface area contributed by atoms with Crippen LogP contribution in [0.25, 0.3) is 0 Å². The normalized spacial score (nSPS) is 9.85. The third kappa shape index (κ3) is 3.21. The van der Waals surface area contributed by atoms with Gasteiger partial charge in [-0.15, -0.1) is 0 Å². The van der Waals surface area contributed by atoms with Crippen LogP contribution in [-0.4, -0.2) is 5.91 Å². The van der Waals surface area contributed by atoms with Crippen LogP contribution in [0.2, 0.25) is 0 Å². The number of anilines is 1. The predicted octanol–water partition coefficient (Wildman–Crippen LogP) is 3.19. The Hall–Kier alpha value is -2.67. The minimum atomic E-state index is -0.638. The largest absolute Gasteiger partial charge is 0.325 e. The molecule has 0 bridgehead atoms. The van der Waals surface area contributed by atoms with Gasteiger partial charge in [-0.3, -0.25) is 4.79 Å². The molecule has 100 valence electrons. The lowest BCUT2D eigenvalue weighted by molar-refractivity contribution is -0.115. The van der Waals surface area contributed by atoms with Gasteiger partial charge < -0.3 is 5.32 Å². The monoisotopic (exact) mass is 268 g/mol. The number of carbonyl (C=O) groups is 1. The van der Waals surface area contributed by atoms with Gasteiger partial charge in [-0.1, -0.05) is 35.9 Å². The summed E-state index contributed by atoms with van der Waals surface area (Å²) in [6.45, 7) is 1.95. The van der Waals surface area contributed by atoms with E-state index >= 15 is 0 Å². The number of nitrogens with one attached hydrogen (secondary N) is 1. The van der Waals surface area contributed by atoms with Gasteiger partial charge in [0.25, 0.3) is 0 Å². The highest BCUT2D eigenvalue weighted by atomic mass is 19.1. The Morgan fingerprint density at radius 1 is 1.30 bits per heavy atom. The van der Waals surface area contributed by atoms with Gasteiger partial charge in [0.1, 0.15) is 17.4 Å². The minimum Gasteiger partial charge on any atom is -0.325 e. The molecule has 20 heavy (non-hydrogen) atoms. The summed E-state index contributed by atoms with van der Waals surface area (Å²) in [7, 11) is 0. The highest BCUT2D eigenvalue weighted by Crippen LogP contribution is 2.18. The Morgan fingerprint density at radius 2 is 2.05 bits per heavy atom. The molecule has 0 spiro atoms. The molecule has 1 N–H and O–H groups in total. The van der Waals surface area contributed by atoms with Crippen molar-refractivity contribution in [3.05, 3.63) is 65.0 Å². The zero-order chi connectivity index (χ0) is 14.5. The Morgan fingerprint density at radius 3 is 2.75 bits per heavy atom. The third-order valence-corrected chi connectivity index (χ3v) is 2.85. The molecule has 0 saturated carbocycles. The fourth-order valence-electron chi connectivity index (χ4n) is 1.94. The second-order valence-corrected chi connectivity index (χ2v) is 4.49. The average molecular weight is 268 g/mol. The van der Waals surface area contributed by atoms with E-state index in [2.05, 4.69) is 5.32 Å². The van der Waals surface area contributed by atoms with Crippen molar-refractivity contribution in [1.82, 2.24) is 0 Å². The molecule has 2 rings (SSSR count). The van der Waals surface area contributed by atoms with Crippen molar-refractivity contribution < 1.29 is 9.18 Å². The fourth-order valence-corrected chi connectivity index (χ4v) is 1.94. The molecule has 0 radical (unpaired) electrons. The van der Waals surface area contributed by atoms with E-state index in [0.717, 1.165) is 11.1 Å². The van der Waals surface area contributed by atoms with Crippen LogP contribution in [0.15, 0.2) is 42.5 Å². The lowest BCUT2D eigenvalue weighted by Gasteiger charge is -2.08. The number of aryl methyl sites for hydroxylation is 1. The summed E-state index contributed by atoms with van der Waals surface area (Å²) in [6, 6.07) is 13.5. The minimum absolute atomic E-state index is 0.148. The zero-order valence-electron chi connectivity index (χ0n) is 11.0. The van der Waals surface area contributed by atoms with E-state index in [9.17, 15) is 9.18 Å². The molecule has 0 aromatic heterocycles. The van der Waals surface area contributed by atoms with Crippen LogP contribution in [0.3, 0.4) is 0 Å². The van der Waals surface area contributed by atoms with Gasteiger partial charge in [-0.25, -0.2) is 4.39 Å². The Labute approximate surface area is 116 Å². The highest BCUT2D eigenvalue weighted by molar-refractivity contribution is 5.93. The number of nitrogens with zero attached hydrogens (tertiary/aromatic N) is 1. The van der Waals surface area contributed by atoms with E-state index in [-0.39, 0.29) is 23.6 Å². The Bertz CT molecular complexity index is 689. The van der Waals surface area contributed by atoms with Crippen molar-refractivity contribution >= 4 is 11.6 Å². The van der Waals surface area contributed by atoms with Gasteiger partial charge in [-0.05, 0) is 24.6 Å². The number of rotatable bonds is 3. The first-order valence-electron chi connectivity index (χ1n) is 6.14. The van der Waals surface area contributed by atoms with Crippen molar-refractivity contribution in [2.45, 2.75) is 13.3 Å². The first kappa shape index (κ1) is 13.8. The molecule has 0 aliphatic rings. The van der Waals surface area contributed by atoms with Crippen molar-refractivity contribution in [2.24, 2.45) is 0 Å². The summed E-state index contributed by atoms with van der Waals surface area (Å²) >= 11 is 0. The molecule has 4 heteroatoms. The number of hydrogen-bond acceptors (Lipinski definition) is 2. The molecule has 3 nitrogen and oxygen atoms in total. The maximum atomic E-state index is 13.4. The number of amides is 1. The van der Waals surface area contributed by atoms with Gasteiger partial charge in [0.15, 0.2) is 0 Å². The molecule has 0 aliphatic heterocycles. The van der Waals surface area contributed by atoms with Crippen molar-refractivity contribution in [2.75, 3.05) is 5.32 Å². The molecule has 0 aliphatic carbocycles. The van der Waals surface area contributed by atoms with Gasteiger partial charge >= 0.3 is 0 Å². The molecular formula is C16H13FN2O. The number of benzene rings is 2. The number of halogens is 1. The second kappa shape index (κ2) is 5.98. The van der Waals surface area contributed by atoms with Crippen LogP contribution < -0.4 is 5.32 Å². The number of hydrogen-bond donors (Lipinski definition) is 1. The lowest BCUT2D eigenvalue weighted by Crippen LogP contribution is -2.15. The van der Waals surface area contributed by atoms with Gasteiger partial charge in [-0.2, -0.15) is 5.26 Å². The Kier molecular flexibility index (Phi) is 4.11. The molecule has 0 unspecified atom stereocenters. The summed E-state index contributed by atoms with van der Waals surface area (Å²) in [4.78, 5) is 11.9. The highest BCUT2D eigenvalue weighted by Gasteiger charge is 2.11. The maximum absolute atomic E-state index is 13.4. The quantitative estimate of drug-likeness (QED) is 0.929. The molecule has 2 aromatic carbocycles. The first-order chi connectivity index (χ1) is 9.60. The molecule has 0 heterocycles. The lowest BCUT2D eigenvalue weighted by atomic mass is 10.1. The van der Waals surface area contributed by atoms with Crippen LogP contribution in [0.5, 0.6) is 0 Å². The van der Waals surface area contributed by atoms with Gasteiger partial charge in [0.05, 0.1) is 12.1 Å². The van der Waals surface area contributed by atoms with E-state index in [1.54, 1.807) is 6.07 Å². The average Bonchev–Trinajstić information content (AvgIpc) is 2.38.